The maximum atomic E-state index is 13.2. The van der Waals surface area contributed by atoms with Crippen LogP contribution in [0.4, 0.5) is 4.79 Å². The Labute approximate surface area is 184 Å². The topological polar surface area (TPSA) is 149 Å². The second-order valence-electron chi connectivity index (χ2n) is 7.42. The Hall–Kier alpha value is -3.51. The SMILES string of the molecule is O=C[C@H](CC(=O)O)NC(=O)[C@@H]1CCCN2C(=O)CCN(NOCc3ccccc3)C(=O)N12. The number of carboxylic acid groups (broad SMARTS) is 1. The summed E-state index contributed by atoms with van der Waals surface area (Å²) >= 11 is 0. The van der Waals surface area contributed by atoms with Crippen LogP contribution in [0, 0.1) is 0 Å². The number of carbonyl (C=O) groups excluding carboxylic acids is 4. The molecule has 0 saturated carbocycles. The molecule has 32 heavy (non-hydrogen) atoms. The number of hydrazine groups is 2. The Morgan fingerprint density at radius 2 is 1.97 bits per heavy atom. The van der Waals surface area contributed by atoms with Crippen molar-refractivity contribution < 1.29 is 33.9 Å². The molecule has 3 N–H and O–H groups in total. The maximum absolute atomic E-state index is 13.2. The lowest BCUT2D eigenvalue weighted by Crippen LogP contribution is -2.64. The highest BCUT2D eigenvalue weighted by Gasteiger charge is 2.44. The number of amides is 4. The first-order valence-corrected chi connectivity index (χ1v) is 10.2. The first-order valence-electron chi connectivity index (χ1n) is 10.2. The van der Waals surface area contributed by atoms with Gasteiger partial charge in [0.15, 0.2) is 0 Å². The van der Waals surface area contributed by atoms with Crippen LogP contribution < -0.4 is 10.9 Å². The standard InChI is InChI=1S/C20H25N5O7/c26-12-15(11-18(28)29)21-19(30)16-7-4-9-24-17(27)8-10-23(20(31)25(16)24)22-32-13-14-5-2-1-3-6-14/h1-3,5-6,12,15-16,22H,4,7-11,13H2,(H,21,30)(H,28,29)/t15-,16-/m0/s1. The van der Waals surface area contributed by atoms with E-state index < -0.39 is 36.4 Å². The molecule has 2 atom stereocenters. The molecule has 0 aliphatic carbocycles. The van der Waals surface area contributed by atoms with Gasteiger partial charge in [-0.05, 0) is 18.4 Å². The number of nitrogens with zero attached hydrogens (tertiary/aromatic N) is 3. The monoisotopic (exact) mass is 447 g/mol. The average Bonchev–Trinajstić information content (AvgIpc) is 2.91. The van der Waals surface area contributed by atoms with Gasteiger partial charge in [0.2, 0.25) is 11.8 Å². The highest BCUT2D eigenvalue weighted by atomic mass is 16.7. The Balaban J connectivity index is 1.71. The Bertz CT molecular complexity index is 865. The van der Waals surface area contributed by atoms with Crippen LogP contribution in [0.1, 0.15) is 31.2 Å². The van der Waals surface area contributed by atoms with Crippen LogP contribution in [0.2, 0.25) is 0 Å². The Morgan fingerprint density at radius 1 is 1.22 bits per heavy atom. The third-order valence-electron chi connectivity index (χ3n) is 5.11. The van der Waals surface area contributed by atoms with Crippen LogP contribution in [0.5, 0.6) is 0 Å². The minimum absolute atomic E-state index is 0.0221. The summed E-state index contributed by atoms with van der Waals surface area (Å²) in [7, 11) is 0. The zero-order chi connectivity index (χ0) is 23.1. The second kappa shape index (κ2) is 10.7. The average molecular weight is 447 g/mol. The van der Waals surface area contributed by atoms with E-state index in [9.17, 15) is 24.0 Å². The lowest BCUT2D eigenvalue weighted by molar-refractivity contribution is -0.156. The molecule has 2 saturated heterocycles. The second-order valence-corrected chi connectivity index (χ2v) is 7.42. The van der Waals surface area contributed by atoms with Crippen molar-refractivity contribution in [3.05, 3.63) is 35.9 Å². The third kappa shape index (κ3) is 5.59. The molecular weight excluding hydrogens is 422 g/mol. The summed E-state index contributed by atoms with van der Waals surface area (Å²) in [5, 5.41) is 14.6. The van der Waals surface area contributed by atoms with Crippen molar-refractivity contribution in [3.8, 4) is 0 Å². The largest absolute Gasteiger partial charge is 0.481 e. The van der Waals surface area contributed by atoms with Gasteiger partial charge in [-0.25, -0.2) is 19.8 Å². The van der Waals surface area contributed by atoms with Gasteiger partial charge in [-0.2, -0.15) is 0 Å². The number of urea groups is 1. The van der Waals surface area contributed by atoms with Gasteiger partial charge in [0.05, 0.1) is 25.6 Å². The summed E-state index contributed by atoms with van der Waals surface area (Å²) in [6.45, 7) is 0.464. The fourth-order valence-electron chi connectivity index (χ4n) is 3.56. The third-order valence-corrected chi connectivity index (χ3v) is 5.11. The van der Waals surface area contributed by atoms with E-state index in [2.05, 4.69) is 10.9 Å². The first-order chi connectivity index (χ1) is 15.4. The Morgan fingerprint density at radius 3 is 2.66 bits per heavy atom. The van der Waals surface area contributed by atoms with E-state index >= 15 is 0 Å². The number of benzene rings is 1. The van der Waals surface area contributed by atoms with E-state index in [1.54, 1.807) is 0 Å². The maximum Gasteiger partial charge on any atom is 0.355 e. The number of hydrogen-bond donors (Lipinski definition) is 3. The quantitative estimate of drug-likeness (QED) is 0.349. The van der Waals surface area contributed by atoms with Gasteiger partial charge in [0, 0.05) is 13.0 Å². The molecule has 0 radical (unpaired) electrons. The molecule has 2 fully saturated rings. The van der Waals surface area contributed by atoms with Crippen LogP contribution in [-0.4, -0.2) is 75.4 Å². The lowest BCUT2D eigenvalue weighted by Gasteiger charge is -2.42. The van der Waals surface area contributed by atoms with Gasteiger partial charge in [-0.3, -0.25) is 19.2 Å². The van der Waals surface area contributed by atoms with Crippen LogP contribution >= 0.6 is 0 Å². The number of aliphatic carboxylic acids is 1. The van der Waals surface area contributed by atoms with Gasteiger partial charge >= 0.3 is 12.0 Å². The molecule has 2 heterocycles. The number of carbonyl (C=O) groups is 5. The number of fused-ring (bicyclic) bond motifs is 1. The summed E-state index contributed by atoms with van der Waals surface area (Å²) in [6, 6.07) is 6.28. The fraction of sp³-hybridized carbons (Fsp3) is 0.450. The number of hydrogen-bond acceptors (Lipinski definition) is 7. The molecule has 3 rings (SSSR count). The van der Waals surface area contributed by atoms with Crippen LogP contribution in [0.25, 0.3) is 0 Å². The van der Waals surface area contributed by atoms with Crippen molar-refractivity contribution in [2.24, 2.45) is 0 Å². The van der Waals surface area contributed by atoms with Crippen LogP contribution in [-0.2, 0) is 30.6 Å². The highest BCUT2D eigenvalue weighted by molar-refractivity contribution is 5.92. The van der Waals surface area contributed by atoms with Crippen molar-refractivity contribution in [2.45, 2.75) is 44.4 Å². The molecule has 12 nitrogen and oxygen atoms in total. The minimum Gasteiger partial charge on any atom is -0.481 e. The molecule has 12 heteroatoms. The van der Waals surface area contributed by atoms with Crippen LogP contribution in [0.15, 0.2) is 30.3 Å². The zero-order valence-electron chi connectivity index (χ0n) is 17.3. The van der Waals surface area contributed by atoms with Gasteiger partial charge in [-0.15, -0.1) is 5.59 Å². The fourth-order valence-corrected chi connectivity index (χ4v) is 3.56. The predicted molar refractivity (Wildman–Crippen MR) is 108 cm³/mol. The molecule has 0 aromatic heterocycles. The molecule has 172 valence electrons. The highest BCUT2D eigenvalue weighted by Crippen LogP contribution is 2.23. The molecule has 1 aromatic rings. The Kier molecular flexibility index (Phi) is 7.73. The normalized spacial score (nSPS) is 19.8. The molecular formula is C20H25N5O7. The molecule has 0 bridgehead atoms. The number of nitrogens with one attached hydrogen (secondary N) is 2. The number of carboxylic acids is 1. The zero-order valence-corrected chi connectivity index (χ0v) is 17.3. The lowest BCUT2D eigenvalue weighted by atomic mass is 10.1. The molecule has 1 aromatic carbocycles. The van der Waals surface area contributed by atoms with Crippen molar-refractivity contribution in [1.82, 2.24) is 25.9 Å². The number of rotatable bonds is 9. The first kappa shape index (κ1) is 23.2. The van der Waals surface area contributed by atoms with E-state index in [-0.39, 0.29) is 38.4 Å². The summed E-state index contributed by atoms with van der Waals surface area (Å²) in [5.74, 6) is -2.29. The van der Waals surface area contributed by atoms with E-state index in [1.807, 2.05) is 30.3 Å². The number of aldehydes is 1. The smallest absolute Gasteiger partial charge is 0.355 e. The van der Waals surface area contributed by atoms with Gasteiger partial charge < -0.3 is 15.2 Å². The van der Waals surface area contributed by atoms with E-state index in [4.69, 9.17) is 9.94 Å². The van der Waals surface area contributed by atoms with Crippen molar-refractivity contribution in [3.63, 3.8) is 0 Å². The van der Waals surface area contributed by atoms with Crippen molar-refractivity contribution >= 4 is 30.1 Å². The summed E-state index contributed by atoms with van der Waals surface area (Å²) in [4.78, 5) is 66.0. The van der Waals surface area contributed by atoms with Crippen molar-refractivity contribution in [1.29, 1.82) is 0 Å². The van der Waals surface area contributed by atoms with Crippen molar-refractivity contribution in [2.75, 3.05) is 13.1 Å². The predicted octanol–water partition coefficient (Wildman–Crippen LogP) is -0.185. The van der Waals surface area contributed by atoms with E-state index in [1.165, 1.54) is 5.01 Å². The summed E-state index contributed by atoms with van der Waals surface area (Å²) in [6.07, 6.45) is 0.482. The minimum atomic E-state index is -1.25. The van der Waals surface area contributed by atoms with E-state index in [0.29, 0.717) is 12.7 Å². The molecule has 4 amide bonds. The van der Waals surface area contributed by atoms with Crippen LogP contribution in [0.3, 0.4) is 0 Å². The molecule has 2 aliphatic heterocycles. The van der Waals surface area contributed by atoms with Gasteiger partial charge in [0.1, 0.15) is 12.3 Å². The van der Waals surface area contributed by atoms with Gasteiger partial charge in [-0.1, -0.05) is 30.3 Å². The van der Waals surface area contributed by atoms with E-state index in [0.717, 1.165) is 15.6 Å². The van der Waals surface area contributed by atoms with Gasteiger partial charge in [0.25, 0.3) is 0 Å². The molecule has 2 aliphatic rings. The molecule has 0 spiro atoms. The molecule has 0 unspecified atom stereocenters. The summed E-state index contributed by atoms with van der Waals surface area (Å²) < 4.78 is 0. The summed E-state index contributed by atoms with van der Waals surface area (Å²) in [5.41, 5.74) is 3.42.